The van der Waals surface area contributed by atoms with Crippen molar-refractivity contribution in [1.29, 1.82) is 5.26 Å². The Morgan fingerprint density at radius 2 is 1.93 bits per heavy atom. The third-order valence-corrected chi connectivity index (χ3v) is 6.67. The molecule has 1 heterocycles. The van der Waals surface area contributed by atoms with Gasteiger partial charge in [0, 0.05) is 12.5 Å². The second-order valence-corrected chi connectivity index (χ2v) is 8.82. The molecule has 0 radical (unpaired) electrons. The first-order chi connectivity index (χ1) is 12.9. The number of nitrogens with one attached hydrogen (secondary N) is 1. The van der Waals surface area contributed by atoms with Crippen molar-refractivity contribution in [2.75, 3.05) is 6.61 Å². The molecule has 27 heavy (non-hydrogen) atoms. The van der Waals surface area contributed by atoms with Gasteiger partial charge in [-0.1, -0.05) is 0 Å². The van der Waals surface area contributed by atoms with Gasteiger partial charge >= 0.3 is 6.18 Å². The lowest BCUT2D eigenvalue weighted by atomic mass is 9.82. The van der Waals surface area contributed by atoms with Gasteiger partial charge < -0.3 is 8.27 Å². The minimum atomic E-state index is -4.12. The number of alkyl halides is 3. The van der Waals surface area contributed by atoms with E-state index in [0.29, 0.717) is 36.3 Å². The Bertz CT molecular complexity index is 790. The van der Waals surface area contributed by atoms with E-state index in [2.05, 4.69) is 13.6 Å². The van der Waals surface area contributed by atoms with Gasteiger partial charge in [0.15, 0.2) is 0 Å². The van der Waals surface area contributed by atoms with E-state index in [9.17, 15) is 22.8 Å². The van der Waals surface area contributed by atoms with Crippen molar-refractivity contribution in [3.05, 3.63) is 35.3 Å². The molecule has 0 saturated heterocycles. The smallest absolute Gasteiger partial charge is 0.391 e. The second-order valence-electron chi connectivity index (χ2n) is 6.77. The van der Waals surface area contributed by atoms with Crippen LogP contribution in [0.2, 0.25) is 0 Å². The van der Waals surface area contributed by atoms with E-state index in [4.69, 9.17) is 4.74 Å². The zero-order chi connectivity index (χ0) is 19.4. The fraction of sp³-hybridized carbons (Fsp3) is 0.474. The number of rotatable bonds is 4. The van der Waals surface area contributed by atoms with Gasteiger partial charge in [-0.3, -0.25) is 0 Å². The predicted molar refractivity (Wildman–Crippen MR) is 104 cm³/mol. The maximum Gasteiger partial charge on any atom is 0.391 e. The van der Waals surface area contributed by atoms with E-state index in [1.807, 2.05) is 0 Å². The van der Waals surface area contributed by atoms with Crippen LogP contribution in [-0.2, 0) is 0 Å². The van der Waals surface area contributed by atoms with Crippen LogP contribution < -0.4 is 8.27 Å². The highest BCUT2D eigenvalue weighted by molar-refractivity contribution is 14.2. The third kappa shape index (κ3) is 5.21. The number of benzene rings is 1. The van der Waals surface area contributed by atoms with Gasteiger partial charge in [-0.05, 0) is 79.9 Å². The molecule has 0 aromatic heterocycles. The summed E-state index contributed by atoms with van der Waals surface area (Å²) in [6.45, 7) is 0.271. The number of hydrogen-bond acceptors (Lipinski definition) is 3. The van der Waals surface area contributed by atoms with Crippen LogP contribution in [-0.4, -0.2) is 16.8 Å². The summed E-state index contributed by atoms with van der Waals surface area (Å²) in [5.41, 5.74) is 1.79. The number of ether oxygens (including phenoxy) is 1. The first-order valence-electron chi connectivity index (χ1n) is 8.70. The molecule has 3 nitrogen and oxygen atoms in total. The van der Waals surface area contributed by atoms with Crippen molar-refractivity contribution in [3.63, 3.8) is 0 Å². The largest absolute Gasteiger partial charge is 0.493 e. The van der Waals surface area contributed by atoms with Crippen LogP contribution in [0.3, 0.4) is 0 Å². The van der Waals surface area contributed by atoms with E-state index < -0.39 is 17.9 Å². The highest BCUT2D eigenvalue weighted by Crippen LogP contribution is 2.39. The van der Waals surface area contributed by atoms with E-state index >= 15 is 0 Å². The molecule has 0 atom stereocenters. The predicted octanol–water partition coefficient (Wildman–Crippen LogP) is 5.49. The highest BCUT2D eigenvalue weighted by atomic mass is 127. The molecule has 1 N–H and O–H groups in total. The Labute approximate surface area is 165 Å². The maximum atomic E-state index is 14.0. The van der Waals surface area contributed by atoms with Crippen molar-refractivity contribution in [1.82, 2.24) is 3.53 Å². The van der Waals surface area contributed by atoms with E-state index in [-0.39, 0.29) is 46.4 Å². The summed E-state index contributed by atoms with van der Waals surface area (Å²) in [5.74, 6) is -1.30. The molecule has 3 rings (SSSR count). The Morgan fingerprint density at radius 3 is 2.59 bits per heavy atom. The molecular formula is C19H19F4IN2O. The summed E-state index contributed by atoms with van der Waals surface area (Å²) in [7, 11) is 0. The Kier molecular flexibility index (Phi) is 6.40. The Balaban J connectivity index is 1.64. The lowest BCUT2D eigenvalue weighted by Crippen LogP contribution is -2.29. The van der Waals surface area contributed by atoms with Gasteiger partial charge in [0.05, 0.1) is 12.5 Å². The van der Waals surface area contributed by atoms with E-state index in [0.717, 1.165) is 5.57 Å². The summed E-state index contributed by atoms with van der Waals surface area (Å²) in [5, 5.41) is 9.24. The van der Waals surface area contributed by atoms with Crippen molar-refractivity contribution >= 4 is 30.6 Å². The summed E-state index contributed by atoms with van der Waals surface area (Å²) >= 11 is -0.356. The molecule has 0 bridgehead atoms. The third-order valence-electron chi connectivity index (χ3n) is 4.94. The van der Waals surface area contributed by atoms with Crippen LogP contribution in [0.1, 0.15) is 37.7 Å². The minimum absolute atomic E-state index is 0.0404. The van der Waals surface area contributed by atoms with Crippen LogP contribution >= 0.6 is 21.0 Å². The van der Waals surface area contributed by atoms with E-state index in [1.54, 1.807) is 6.07 Å². The summed E-state index contributed by atoms with van der Waals surface area (Å²) < 4.78 is 63.1. The van der Waals surface area contributed by atoms with Gasteiger partial charge in [-0.25, -0.2) is 4.39 Å². The fourth-order valence-electron chi connectivity index (χ4n) is 3.41. The van der Waals surface area contributed by atoms with E-state index in [1.165, 1.54) is 12.1 Å². The van der Waals surface area contributed by atoms with Crippen molar-refractivity contribution in [2.45, 2.75) is 38.3 Å². The highest BCUT2D eigenvalue weighted by Gasteiger charge is 2.41. The van der Waals surface area contributed by atoms with Crippen LogP contribution in [0.4, 0.5) is 17.6 Å². The van der Waals surface area contributed by atoms with Crippen molar-refractivity contribution in [3.8, 4) is 11.8 Å². The molecule has 0 amide bonds. The molecule has 1 aliphatic heterocycles. The zero-order valence-corrected chi connectivity index (χ0v) is 16.6. The SMILES string of the molecule is N#CC1=C(c2cc(F)cc(OCC3CCC(C(F)(F)F)CC3)c2)CC=IN1. The molecule has 1 aliphatic carbocycles. The number of nitriles is 1. The molecule has 8 heteroatoms. The van der Waals surface area contributed by atoms with Crippen molar-refractivity contribution in [2.24, 2.45) is 11.8 Å². The summed E-state index contributed by atoms with van der Waals surface area (Å²) in [6.07, 6.45) is -2.36. The average Bonchev–Trinajstić information content (AvgIpc) is 2.65. The monoisotopic (exact) mass is 494 g/mol. The number of allylic oxidation sites excluding steroid dienone is 2. The molecule has 1 saturated carbocycles. The minimum Gasteiger partial charge on any atom is -0.493 e. The van der Waals surface area contributed by atoms with Gasteiger partial charge in [0.1, 0.15) is 23.3 Å². The Morgan fingerprint density at radius 1 is 1.19 bits per heavy atom. The molecule has 0 spiro atoms. The van der Waals surface area contributed by atoms with Gasteiger partial charge in [0.2, 0.25) is 0 Å². The first-order valence-corrected chi connectivity index (χ1v) is 11.0. The van der Waals surface area contributed by atoms with Gasteiger partial charge in [0.25, 0.3) is 0 Å². The molecule has 0 unspecified atom stereocenters. The fourth-order valence-corrected chi connectivity index (χ4v) is 5.05. The van der Waals surface area contributed by atoms with Gasteiger partial charge in [-0.15, -0.1) is 0 Å². The van der Waals surface area contributed by atoms with Crippen molar-refractivity contribution < 1.29 is 22.3 Å². The number of hydrogen-bond donors (Lipinski definition) is 1. The topological polar surface area (TPSA) is 45.0 Å². The van der Waals surface area contributed by atoms with Crippen LogP contribution in [0.5, 0.6) is 5.75 Å². The second kappa shape index (κ2) is 8.59. The quantitative estimate of drug-likeness (QED) is 0.342. The summed E-state index contributed by atoms with van der Waals surface area (Å²) in [6, 6.07) is 6.44. The Hall–Kier alpha value is -1.63. The lowest BCUT2D eigenvalue weighted by molar-refractivity contribution is -0.184. The standard InChI is InChI=1S/C19H19F4IN2O/c20-15-7-13(17-5-6-24-26-18(17)10-25)8-16(9-15)27-11-12-1-3-14(4-2-12)19(21,22)23/h6-9,12,14,26H,1-5,11H2. The molecule has 1 aromatic rings. The number of nitrogens with zero attached hydrogens (tertiary/aromatic N) is 1. The number of halogens is 5. The van der Waals surface area contributed by atoms with Crippen LogP contribution in [0, 0.1) is 29.0 Å². The molecule has 1 fully saturated rings. The zero-order valence-electron chi connectivity index (χ0n) is 14.5. The molecular weight excluding hydrogens is 475 g/mol. The van der Waals surface area contributed by atoms with Gasteiger partial charge in [-0.2, -0.15) is 18.4 Å². The average molecular weight is 494 g/mol. The normalized spacial score (nSPS) is 23.2. The molecule has 2 aliphatic rings. The summed E-state index contributed by atoms with van der Waals surface area (Å²) in [4.78, 5) is 0. The molecule has 1 aromatic carbocycles. The first kappa shape index (κ1) is 20.1. The van der Waals surface area contributed by atoms with Crippen LogP contribution in [0.15, 0.2) is 23.9 Å². The maximum absolute atomic E-state index is 14.0. The van der Waals surface area contributed by atoms with Crippen LogP contribution in [0.25, 0.3) is 5.57 Å². The lowest BCUT2D eigenvalue weighted by Gasteiger charge is -2.29. The molecule has 146 valence electrons.